The van der Waals surface area contributed by atoms with Crippen LogP contribution >= 0.6 is 0 Å². The molecule has 0 aliphatic heterocycles. The Balaban J connectivity index is 2.06. The molecule has 2 nitrogen and oxygen atoms in total. The van der Waals surface area contributed by atoms with E-state index in [4.69, 9.17) is 4.74 Å². The van der Waals surface area contributed by atoms with Crippen LogP contribution in [0.4, 0.5) is 0 Å². The lowest BCUT2D eigenvalue weighted by Crippen LogP contribution is -2.38. The number of rotatable bonds is 4. The van der Waals surface area contributed by atoms with Crippen LogP contribution in [-0.2, 0) is 9.53 Å². The number of hydrogen-bond acceptors (Lipinski definition) is 2. The van der Waals surface area contributed by atoms with Crippen molar-refractivity contribution < 1.29 is 9.53 Å². The van der Waals surface area contributed by atoms with Gasteiger partial charge in [-0.15, -0.1) is 0 Å². The van der Waals surface area contributed by atoms with Crippen molar-refractivity contribution in [3.8, 4) is 0 Å². The van der Waals surface area contributed by atoms with Crippen LogP contribution < -0.4 is 0 Å². The van der Waals surface area contributed by atoms with Gasteiger partial charge in [0.1, 0.15) is 5.60 Å². The zero-order chi connectivity index (χ0) is 14.1. The van der Waals surface area contributed by atoms with Gasteiger partial charge in [-0.2, -0.15) is 0 Å². The summed E-state index contributed by atoms with van der Waals surface area (Å²) in [5.41, 5.74) is 0.00805. The van der Waals surface area contributed by atoms with Gasteiger partial charge in [0.05, 0.1) is 5.41 Å². The van der Waals surface area contributed by atoms with Crippen LogP contribution in [-0.4, -0.2) is 11.6 Å². The molecule has 2 saturated carbocycles. The van der Waals surface area contributed by atoms with E-state index in [0.29, 0.717) is 5.41 Å². The number of ether oxygens (including phenoxy) is 1. The largest absolute Gasteiger partial charge is 0.459 e. The molecular weight excluding hydrogens is 236 g/mol. The monoisotopic (exact) mass is 266 g/mol. The highest BCUT2D eigenvalue weighted by Crippen LogP contribution is 2.56. The molecule has 2 fully saturated rings. The van der Waals surface area contributed by atoms with Gasteiger partial charge in [0.2, 0.25) is 0 Å². The fraction of sp³-hybridized carbons (Fsp3) is 0.941. The number of hydrogen-bond donors (Lipinski definition) is 0. The average Bonchev–Trinajstić information content (AvgIpc) is 2.99. The molecule has 2 rings (SSSR count). The van der Waals surface area contributed by atoms with Gasteiger partial charge in [-0.1, -0.05) is 26.7 Å². The molecule has 19 heavy (non-hydrogen) atoms. The third-order valence-corrected chi connectivity index (χ3v) is 5.86. The minimum absolute atomic E-state index is 0.00639. The normalized spacial score (nSPS) is 29.9. The molecule has 110 valence electrons. The molecule has 2 heteroatoms. The number of carbonyl (C=O) groups is 1. The van der Waals surface area contributed by atoms with Crippen molar-refractivity contribution in [3.05, 3.63) is 0 Å². The summed E-state index contributed by atoms with van der Waals surface area (Å²) in [6, 6.07) is 0. The molecule has 0 bridgehead atoms. The summed E-state index contributed by atoms with van der Waals surface area (Å²) in [6.07, 6.45) is 10.7. The lowest BCUT2D eigenvalue weighted by molar-refractivity contribution is -0.171. The van der Waals surface area contributed by atoms with Crippen LogP contribution in [0.2, 0.25) is 0 Å². The van der Waals surface area contributed by atoms with E-state index in [1.54, 1.807) is 0 Å². The number of esters is 1. The molecule has 0 amide bonds. The van der Waals surface area contributed by atoms with Gasteiger partial charge >= 0.3 is 5.97 Å². The maximum Gasteiger partial charge on any atom is 0.312 e. The molecule has 0 saturated heterocycles. The highest BCUT2D eigenvalue weighted by molar-refractivity contribution is 5.76. The van der Waals surface area contributed by atoms with Crippen molar-refractivity contribution in [2.45, 2.75) is 91.1 Å². The first kappa shape index (κ1) is 14.9. The molecule has 0 aromatic rings. The van der Waals surface area contributed by atoms with E-state index >= 15 is 0 Å². The Kier molecular flexibility index (Phi) is 3.99. The van der Waals surface area contributed by atoms with Gasteiger partial charge < -0.3 is 4.74 Å². The van der Waals surface area contributed by atoms with Gasteiger partial charge in [0.25, 0.3) is 0 Å². The maximum atomic E-state index is 12.4. The van der Waals surface area contributed by atoms with Crippen LogP contribution in [0.1, 0.15) is 85.5 Å². The second-order valence-corrected chi connectivity index (χ2v) is 7.55. The minimum Gasteiger partial charge on any atom is -0.459 e. The zero-order valence-corrected chi connectivity index (χ0v) is 13.2. The van der Waals surface area contributed by atoms with Crippen molar-refractivity contribution in [2.24, 2.45) is 10.8 Å². The van der Waals surface area contributed by atoms with Gasteiger partial charge in [0.15, 0.2) is 0 Å². The summed E-state index contributed by atoms with van der Waals surface area (Å²) >= 11 is 0. The molecule has 0 N–H and O–H groups in total. The predicted molar refractivity (Wildman–Crippen MR) is 77.9 cm³/mol. The molecule has 0 heterocycles. The zero-order valence-electron chi connectivity index (χ0n) is 13.2. The molecule has 0 radical (unpaired) electrons. The van der Waals surface area contributed by atoms with Gasteiger partial charge in [-0.3, -0.25) is 4.79 Å². The molecule has 0 aromatic carbocycles. The summed E-state index contributed by atoms with van der Waals surface area (Å²) in [4.78, 5) is 12.4. The first-order valence-electron chi connectivity index (χ1n) is 8.11. The van der Waals surface area contributed by atoms with Crippen molar-refractivity contribution in [1.29, 1.82) is 0 Å². The number of carbonyl (C=O) groups excluding carboxylic acids is 1. The van der Waals surface area contributed by atoms with Crippen LogP contribution in [0.5, 0.6) is 0 Å². The summed E-state index contributed by atoms with van der Waals surface area (Å²) in [5, 5.41) is 0. The van der Waals surface area contributed by atoms with Crippen molar-refractivity contribution in [1.82, 2.24) is 0 Å². The standard InChI is InChI=1S/C17H30O2/c1-5-15(3,4)14(18)19-17(6-2)12-11-16(13-17)9-7-8-10-16/h5-13H2,1-4H3. The SMILES string of the molecule is CCC1(OC(=O)C(C)(C)CC)CCC2(CCCC2)C1. The van der Waals surface area contributed by atoms with Crippen LogP contribution in [0.3, 0.4) is 0 Å². The topological polar surface area (TPSA) is 26.3 Å². The van der Waals surface area contributed by atoms with E-state index in [1.807, 2.05) is 13.8 Å². The van der Waals surface area contributed by atoms with Crippen LogP contribution in [0.15, 0.2) is 0 Å². The molecule has 2 aliphatic carbocycles. The van der Waals surface area contributed by atoms with Gasteiger partial charge in [-0.05, 0) is 64.2 Å². The van der Waals surface area contributed by atoms with E-state index in [1.165, 1.54) is 32.1 Å². The Morgan fingerprint density at radius 1 is 1.11 bits per heavy atom. The fourth-order valence-electron chi connectivity index (χ4n) is 3.85. The van der Waals surface area contributed by atoms with Gasteiger partial charge in [0, 0.05) is 0 Å². The fourth-order valence-corrected chi connectivity index (χ4v) is 3.85. The Bertz CT molecular complexity index is 339. The lowest BCUT2D eigenvalue weighted by Gasteiger charge is -2.34. The third kappa shape index (κ3) is 2.83. The lowest BCUT2D eigenvalue weighted by atomic mass is 9.82. The molecule has 1 atom stereocenters. The highest BCUT2D eigenvalue weighted by atomic mass is 16.6. The Morgan fingerprint density at radius 3 is 2.26 bits per heavy atom. The molecule has 1 spiro atoms. The van der Waals surface area contributed by atoms with Crippen LogP contribution in [0, 0.1) is 10.8 Å². The van der Waals surface area contributed by atoms with E-state index in [0.717, 1.165) is 25.7 Å². The molecular formula is C17H30O2. The van der Waals surface area contributed by atoms with Crippen molar-refractivity contribution in [2.75, 3.05) is 0 Å². The highest BCUT2D eigenvalue weighted by Gasteiger charge is 2.51. The van der Waals surface area contributed by atoms with E-state index in [9.17, 15) is 4.79 Å². The Morgan fingerprint density at radius 2 is 1.74 bits per heavy atom. The molecule has 1 unspecified atom stereocenters. The minimum atomic E-state index is -0.340. The molecule has 0 aromatic heterocycles. The van der Waals surface area contributed by atoms with Crippen LogP contribution in [0.25, 0.3) is 0 Å². The second kappa shape index (κ2) is 5.10. The van der Waals surface area contributed by atoms with E-state index in [-0.39, 0.29) is 17.0 Å². The first-order chi connectivity index (χ1) is 8.87. The Hall–Kier alpha value is -0.530. The third-order valence-electron chi connectivity index (χ3n) is 5.86. The summed E-state index contributed by atoms with van der Waals surface area (Å²) in [7, 11) is 0. The predicted octanol–water partition coefficient (Wildman–Crippen LogP) is 4.86. The quantitative estimate of drug-likeness (QED) is 0.679. The summed E-state index contributed by atoms with van der Waals surface area (Å²) < 4.78 is 6.05. The van der Waals surface area contributed by atoms with Crippen molar-refractivity contribution in [3.63, 3.8) is 0 Å². The first-order valence-corrected chi connectivity index (χ1v) is 8.11. The smallest absolute Gasteiger partial charge is 0.312 e. The van der Waals surface area contributed by atoms with E-state index < -0.39 is 0 Å². The van der Waals surface area contributed by atoms with Crippen molar-refractivity contribution >= 4 is 5.97 Å². The summed E-state index contributed by atoms with van der Waals surface area (Å²) in [6.45, 7) is 8.24. The Labute approximate surface area is 118 Å². The second-order valence-electron chi connectivity index (χ2n) is 7.55. The molecule has 2 aliphatic rings. The van der Waals surface area contributed by atoms with E-state index in [2.05, 4.69) is 13.8 Å². The average molecular weight is 266 g/mol. The van der Waals surface area contributed by atoms with Gasteiger partial charge in [-0.25, -0.2) is 0 Å². The summed E-state index contributed by atoms with van der Waals surface area (Å²) in [5.74, 6) is 0.00639. The maximum absolute atomic E-state index is 12.4.